The van der Waals surface area contributed by atoms with Gasteiger partial charge in [-0.15, -0.1) is 5.92 Å². The molecular weight excluding hydrogens is 727 g/mol. The van der Waals surface area contributed by atoms with Gasteiger partial charge in [-0.3, -0.25) is 0 Å². The summed E-state index contributed by atoms with van der Waals surface area (Å²) in [5.74, 6) is 4.12. The van der Waals surface area contributed by atoms with Gasteiger partial charge in [-0.25, -0.2) is 14.4 Å². The smallest absolute Gasteiger partial charge is 0.422 e. The van der Waals surface area contributed by atoms with Crippen LogP contribution in [0.4, 0.5) is 13.2 Å². The van der Waals surface area contributed by atoms with Crippen molar-refractivity contribution in [2.24, 2.45) is 0 Å². The third-order valence-electron chi connectivity index (χ3n) is 8.09. The van der Waals surface area contributed by atoms with Gasteiger partial charge in [0.25, 0.3) is 0 Å². The maximum absolute atomic E-state index is 13.1. The molecule has 0 saturated heterocycles. The molecule has 9 nitrogen and oxygen atoms in total. The molecule has 284 valence electrons. The van der Waals surface area contributed by atoms with E-state index in [2.05, 4.69) is 23.2 Å². The first-order valence-corrected chi connectivity index (χ1v) is 17.0. The van der Waals surface area contributed by atoms with Gasteiger partial charge < -0.3 is 29.1 Å². The molecule has 0 aliphatic carbocycles. The summed E-state index contributed by atoms with van der Waals surface area (Å²) in [6.07, 6.45) is -0.830. The van der Waals surface area contributed by atoms with Crippen molar-refractivity contribution in [2.75, 3.05) is 20.3 Å². The van der Waals surface area contributed by atoms with Crippen LogP contribution in [0.15, 0.2) is 115 Å². The first-order chi connectivity index (χ1) is 26.9. The van der Waals surface area contributed by atoms with E-state index in [4.69, 9.17) is 24.4 Å². The highest BCUT2D eigenvalue weighted by molar-refractivity contribution is 5.97. The second-order valence-corrected chi connectivity index (χ2v) is 11.9. The number of ether oxygens (including phenoxy) is 5. The van der Waals surface area contributed by atoms with Crippen LogP contribution >= 0.6 is 0 Å². The fourth-order valence-electron chi connectivity index (χ4n) is 5.22. The van der Waals surface area contributed by atoms with Gasteiger partial charge in [0.15, 0.2) is 11.5 Å². The molecule has 0 aromatic heterocycles. The van der Waals surface area contributed by atoms with E-state index in [9.17, 15) is 27.6 Å². The number of hydrogen-bond donors (Lipinski definition) is 1. The Labute approximate surface area is 320 Å². The minimum Gasteiger partial charge on any atom is -0.493 e. The van der Waals surface area contributed by atoms with E-state index >= 15 is 0 Å². The van der Waals surface area contributed by atoms with Crippen LogP contribution in [0.25, 0.3) is 28.0 Å². The van der Waals surface area contributed by atoms with E-state index in [-0.39, 0.29) is 42.4 Å². The lowest BCUT2D eigenvalue weighted by Crippen LogP contribution is -2.21. The molecule has 0 spiro atoms. The average Bonchev–Trinajstić information content (AvgIpc) is 3.19. The third-order valence-corrected chi connectivity index (χ3v) is 8.09. The quantitative estimate of drug-likeness (QED) is 0.0297. The van der Waals surface area contributed by atoms with Gasteiger partial charge >= 0.3 is 24.1 Å². The molecule has 0 aliphatic rings. The molecule has 0 fully saturated rings. The molecule has 0 unspecified atom stereocenters. The summed E-state index contributed by atoms with van der Waals surface area (Å²) in [5.41, 5.74) is 2.35. The summed E-state index contributed by atoms with van der Waals surface area (Å²) in [6.45, 7) is 4.28. The van der Waals surface area contributed by atoms with Gasteiger partial charge in [-0.05, 0) is 101 Å². The fraction of sp³-hybridized carbons (Fsp3) is 0.136. The van der Waals surface area contributed by atoms with E-state index in [0.717, 1.165) is 28.3 Å². The van der Waals surface area contributed by atoms with Crippen molar-refractivity contribution in [1.82, 2.24) is 0 Å². The van der Waals surface area contributed by atoms with Crippen molar-refractivity contribution >= 4 is 41.0 Å². The number of carbonyl (C=O) groups excluding carboxylic acids is 3. The number of fused-ring (bicyclic) bond motifs is 1. The number of carbonyl (C=O) groups is 3. The Hall–Kier alpha value is -7.13. The predicted octanol–water partition coefficient (Wildman–Crippen LogP) is 9.15. The van der Waals surface area contributed by atoms with E-state index in [1.54, 1.807) is 73.7 Å². The lowest BCUT2D eigenvalue weighted by Gasteiger charge is -2.11. The summed E-state index contributed by atoms with van der Waals surface area (Å²) < 4.78 is 64.4. The van der Waals surface area contributed by atoms with Gasteiger partial charge in [-0.2, -0.15) is 13.2 Å². The molecule has 0 radical (unpaired) electrons. The van der Waals surface area contributed by atoms with Crippen LogP contribution in [-0.2, 0) is 14.3 Å². The second kappa shape index (κ2) is 18.3. The molecule has 1 N–H and O–H groups in total. The number of rotatable bonds is 14. The Morgan fingerprint density at radius 2 is 1.52 bits per heavy atom. The first kappa shape index (κ1) is 40.1. The number of esters is 3. The third kappa shape index (κ3) is 10.5. The molecule has 0 amide bonds. The van der Waals surface area contributed by atoms with Crippen molar-refractivity contribution in [2.45, 2.75) is 19.5 Å². The molecule has 12 heteroatoms. The Morgan fingerprint density at radius 1 is 0.804 bits per heavy atom. The normalized spacial score (nSPS) is 10.9. The lowest BCUT2D eigenvalue weighted by molar-refractivity contribution is -0.150. The summed E-state index contributed by atoms with van der Waals surface area (Å²) >= 11 is 0. The van der Waals surface area contributed by atoms with Crippen molar-refractivity contribution in [3.63, 3.8) is 0 Å². The molecule has 0 heterocycles. The van der Waals surface area contributed by atoms with E-state index in [1.807, 2.05) is 24.3 Å². The van der Waals surface area contributed by atoms with Crippen molar-refractivity contribution in [1.29, 1.82) is 5.41 Å². The highest BCUT2D eigenvalue weighted by atomic mass is 19.4. The standard InChI is InChI=1S/C44H34F3NO8/c1-4-6-29-7-11-31(12-8-29)32-16-19-38(36(25-32)27-48)55-41(49)20-10-30-9-18-39(40(23-30)52-3)56-43(51)35-14-13-34-26-37(17-15-33(34)24-35)53-21-5-22-54-42(50)28(2)44(45,46)47/h7-20,23-27,48H,2,5,21-22H2,1,3H3/b20-10+,48-27?. The maximum atomic E-state index is 13.1. The molecule has 0 atom stereocenters. The summed E-state index contributed by atoms with van der Waals surface area (Å²) in [6, 6.07) is 27.7. The molecule has 0 aliphatic heterocycles. The van der Waals surface area contributed by atoms with Crippen molar-refractivity contribution in [3.8, 4) is 46.0 Å². The summed E-state index contributed by atoms with van der Waals surface area (Å²) in [7, 11) is 1.41. The Morgan fingerprint density at radius 3 is 2.23 bits per heavy atom. The van der Waals surface area contributed by atoms with E-state index in [0.29, 0.717) is 22.3 Å². The lowest BCUT2D eigenvalue weighted by atomic mass is 10.0. The minimum atomic E-state index is -4.85. The van der Waals surface area contributed by atoms with Crippen molar-refractivity contribution in [3.05, 3.63) is 138 Å². The predicted molar refractivity (Wildman–Crippen MR) is 205 cm³/mol. The molecule has 5 aromatic rings. The van der Waals surface area contributed by atoms with Gasteiger partial charge in [0, 0.05) is 29.8 Å². The molecular formula is C44H34F3NO8. The number of hydrogen-bond acceptors (Lipinski definition) is 9. The Kier molecular flexibility index (Phi) is 13.1. The second-order valence-electron chi connectivity index (χ2n) is 11.9. The molecule has 0 saturated carbocycles. The highest BCUT2D eigenvalue weighted by Gasteiger charge is 2.37. The van der Waals surface area contributed by atoms with Gasteiger partial charge in [0.05, 0.1) is 25.9 Å². The number of benzene rings is 5. The minimum absolute atomic E-state index is 0.0791. The number of halogens is 3. The summed E-state index contributed by atoms with van der Waals surface area (Å²) in [5, 5.41) is 9.30. The largest absolute Gasteiger partial charge is 0.493 e. The zero-order valence-corrected chi connectivity index (χ0v) is 30.2. The SMILES string of the molecule is C=C(C(=O)OCCCOc1ccc2cc(C(=O)Oc3ccc(/C=C/C(=O)Oc4ccc(-c5ccc(C#CC)cc5)cc4C=N)cc3OC)ccc2c1)C(F)(F)F. The number of nitrogens with one attached hydrogen (secondary N) is 1. The molecule has 56 heavy (non-hydrogen) atoms. The highest BCUT2D eigenvalue weighted by Crippen LogP contribution is 2.31. The summed E-state index contributed by atoms with van der Waals surface area (Å²) in [4.78, 5) is 37.2. The van der Waals surface area contributed by atoms with Crippen molar-refractivity contribution < 1.29 is 51.2 Å². The fourth-order valence-corrected chi connectivity index (χ4v) is 5.22. The number of alkyl halides is 3. The van der Waals surface area contributed by atoms with E-state index in [1.165, 1.54) is 25.3 Å². The van der Waals surface area contributed by atoms with Gasteiger partial charge in [-0.1, -0.05) is 48.9 Å². The molecule has 0 bridgehead atoms. The van der Waals surface area contributed by atoms with Crippen LogP contribution in [0.2, 0.25) is 0 Å². The average molecular weight is 762 g/mol. The topological polar surface area (TPSA) is 121 Å². The van der Waals surface area contributed by atoms with Crippen LogP contribution in [0.1, 0.15) is 40.4 Å². The molecule has 5 rings (SSSR count). The molecule has 5 aromatic carbocycles. The van der Waals surface area contributed by atoms with Crippen LogP contribution < -0.4 is 18.9 Å². The van der Waals surface area contributed by atoms with Crippen LogP contribution in [-0.4, -0.2) is 50.6 Å². The Bertz CT molecular complexity index is 2390. The monoisotopic (exact) mass is 761 g/mol. The van der Waals surface area contributed by atoms with Crippen LogP contribution in [0, 0.1) is 17.3 Å². The first-order valence-electron chi connectivity index (χ1n) is 17.0. The van der Waals surface area contributed by atoms with Gasteiger partial charge in [0.1, 0.15) is 17.1 Å². The van der Waals surface area contributed by atoms with Crippen LogP contribution in [0.3, 0.4) is 0 Å². The zero-order chi connectivity index (χ0) is 40.2. The number of methoxy groups -OCH3 is 1. The Balaban J connectivity index is 1.15. The van der Waals surface area contributed by atoms with Gasteiger partial charge in [0.2, 0.25) is 0 Å². The maximum Gasteiger partial charge on any atom is 0.422 e. The zero-order valence-electron chi connectivity index (χ0n) is 30.2. The van der Waals surface area contributed by atoms with E-state index < -0.39 is 29.7 Å². The van der Waals surface area contributed by atoms with Crippen LogP contribution in [0.5, 0.6) is 23.0 Å².